The fourth-order valence-electron chi connectivity index (χ4n) is 1.60. The lowest BCUT2D eigenvalue weighted by Gasteiger charge is -2.17. The van der Waals surface area contributed by atoms with E-state index in [1.54, 1.807) is 36.9 Å². The molecule has 1 amide bonds. The first-order chi connectivity index (χ1) is 7.15. The summed E-state index contributed by atoms with van der Waals surface area (Å²) < 4.78 is 7.16. The third-order valence-corrected chi connectivity index (χ3v) is 2.59. The van der Waals surface area contributed by atoms with Crippen LogP contribution in [0.25, 0.3) is 0 Å². The second-order valence-electron chi connectivity index (χ2n) is 3.51. The second-order valence-corrected chi connectivity index (χ2v) is 3.51. The molecule has 1 aliphatic heterocycles. The third kappa shape index (κ3) is 1.46. The van der Waals surface area contributed by atoms with E-state index in [1.165, 1.54) is 0 Å². The summed E-state index contributed by atoms with van der Waals surface area (Å²) in [6.45, 7) is 0.326. The maximum absolute atomic E-state index is 11.9. The smallest absolute Gasteiger partial charge is 0.247 e. The number of amides is 1. The molecule has 6 heteroatoms. The zero-order valence-electron chi connectivity index (χ0n) is 9.02. The molecule has 1 atom stereocenters. The predicted molar refractivity (Wildman–Crippen MR) is 55.0 cm³/mol. The Morgan fingerprint density at radius 1 is 1.60 bits per heavy atom. The first-order valence-corrected chi connectivity index (χ1v) is 4.74. The van der Waals surface area contributed by atoms with Crippen LogP contribution in [0.2, 0.25) is 0 Å². The Kier molecular flexibility index (Phi) is 2.36. The number of likely N-dealkylation sites (N-methyl/N-ethyl adjacent to an activating group) is 2. The number of hydrogen-bond donors (Lipinski definition) is 1. The second kappa shape index (κ2) is 3.54. The monoisotopic (exact) mass is 210 g/mol. The zero-order chi connectivity index (χ0) is 11.0. The number of anilines is 1. The Bertz CT molecular complexity index is 387. The van der Waals surface area contributed by atoms with Crippen molar-refractivity contribution in [1.82, 2.24) is 15.1 Å². The van der Waals surface area contributed by atoms with Crippen LogP contribution in [0.15, 0.2) is 6.20 Å². The van der Waals surface area contributed by atoms with Crippen molar-refractivity contribution >= 4 is 11.6 Å². The van der Waals surface area contributed by atoms with E-state index >= 15 is 0 Å². The Morgan fingerprint density at radius 3 is 3.00 bits per heavy atom. The average Bonchev–Trinajstić information content (AvgIpc) is 2.54. The van der Waals surface area contributed by atoms with Gasteiger partial charge in [0.25, 0.3) is 0 Å². The van der Waals surface area contributed by atoms with Gasteiger partial charge in [0.1, 0.15) is 18.3 Å². The first kappa shape index (κ1) is 9.97. The molecule has 0 aliphatic carbocycles. The molecule has 1 N–H and O–H groups in total. The van der Waals surface area contributed by atoms with Crippen molar-refractivity contribution in [3.63, 3.8) is 0 Å². The van der Waals surface area contributed by atoms with Crippen LogP contribution in [0.1, 0.15) is 0 Å². The summed E-state index contributed by atoms with van der Waals surface area (Å²) in [7, 11) is 5.26. The summed E-state index contributed by atoms with van der Waals surface area (Å²) in [4.78, 5) is 13.5. The molecule has 1 unspecified atom stereocenters. The van der Waals surface area contributed by atoms with E-state index in [9.17, 15) is 4.79 Å². The number of nitrogens with zero attached hydrogens (tertiary/aromatic N) is 3. The highest BCUT2D eigenvalue weighted by atomic mass is 16.5. The normalized spacial score (nSPS) is 20.9. The van der Waals surface area contributed by atoms with Crippen molar-refractivity contribution in [3.05, 3.63) is 6.20 Å². The van der Waals surface area contributed by atoms with Gasteiger partial charge in [-0.05, 0) is 7.05 Å². The van der Waals surface area contributed by atoms with Crippen molar-refractivity contribution < 1.29 is 9.53 Å². The summed E-state index contributed by atoms with van der Waals surface area (Å²) in [5.74, 6) is 0.618. The van der Waals surface area contributed by atoms with E-state index in [4.69, 9.17) is 4.74 Å². The minimum atomic E-state index is -0.303. The molecule has 0 spiro atoms. The summed E-state index contributed by atoms with van der Waals surface area (Å²) in [6, 6.07) is -0.303. The molecule has 1 aromatic heterocycles. The number of nitrogens with one attached hydrogen (secondary N) is 1. The van der Waals surface area contributed by atoms with E-state index in [2.05, 4.69) is 10.4 Å². The fourth-order valence-corrected chi connectivity index (χ4v) is 1.60. The zero-order valence-corrected chi connectivity index (χ0v) is 9.02. The SMILES string of the molecule is CNC1COc2c(cnn2C)N(C)C1=O. The minimum Gasteiger partial charge on any atom is -0.474 e. The molecular weight excluding hydrogens is 196 g/mol. The van der Waals surface area contributed by atoms with Gasteiger partial charge in [-0.2, -0.15) is 5.10 Å². The molecule has 1 aliphatic rings. The van der Waals surface area contributed by atoms with Gasteiger partial charge in [0.15, 0.2) is 0 Å². The maximum Gasteiger partial charge on any atom is 0.247 e. The summed E-state index contributed by atoms with van der Waals surface area (Å²) in [5.41, 5.74) is 0.709. The van der Waals surface area contributed by atoms with Crippen molar-refractivity contribution in [1.29, 1.82) is 0 Å². The Labute approximate surface area is 87.8 Å². The van der Waals surface area contributed by atoms with Crippen molar-refractivity contribution in [2.45, 2.75) is 6.04 Å². The number of aryl methyl sites for hydroxylation is 1. The molecule has 0 saturated carbocycles. The molecule has 0 bridgehead atoms. The van der Waals surface area contributed by atoms with E-state index in [1.807, 2.05) is 0 Å². The van der Waals surface area contributed by atoms with Gasteiger partial charge < -0.3 is 15.0 Å². The number of carbonyl (C=O) groups excluding carboxylic acids is 1. The van der Waals surface area contributed by atoms with Crippen LogP contribution in [0.4, 0.5) is 5.69 Å². The standard InChI is InChI=1S/C9H14N4O2/c1-10-6-5-15-9-7(4-11-13(9)3)12(2)8(6)14/h4,6,10H,5H2,1-3H3. The van der Waals surface area contributed by atoms with Crippen LogP contribution < -0.4 is 15.0 Å². The van der Waals surface area contributed by atoms with E-state index in [0.29, 0.717) is 18.2 Å². The lowest BCUT2D eigenvalue weighted by molar-refractivity contribution is -0.120. The molecule has 0 aromatic carbocycles. The van der Waals surface area contributed by atoms with Crippen LogP contribution >= 0.6 is 0 Å². The van der Waals surface area contributed by atoms with E-state index in [0.717, 1.165) is 0 Å². The average molecular weight is 210 g/mol. The number of rotatable bonds is 1. The highest BCUT2D eigenvalue weighted by molar-refractivity contribution is 5.98. The van der Waals surface area contributed by atoms with Crippen molar-refractivity contribution in [2.24, 2.45) is 7.05 Å². The van der Waals surface area contributed by atoms with Crippen LogP contribution in [-0.4, -0.2) is 42.4 Å². The number of carbonyl (C=O) groups is 1. The van der Waals surface area contributed by atoms with Crippen molar-refractivity contribution in [3.8, 4) is 5.88 Å². The molecule has 0 fully saturated rings. The highest BCUT2D eigenvalue weighted by Gasteiger charge is 2.30. The van der Waals surface area contributed by atoms with Gasteiger partial charge in [0.2, 0.25) is 11.8 Å². The minimum absolute atomic E-state index is 0.00995. The molecule has 0 radical (unpaired) electrons. The Hall–Kier alpha value is -1.56. The van der Waals surface area contributed by atoms with Crippen LogP contribution in [0.3, 0.4) is 0 Å². The summed E-state index contributed by atoms with van der Waals surface area (Å²) in [6.07, 6.45) is 1.63. The van der Waals surface area contributed by atoms with Crippen LogP contribution in [0.5, 0.6) is 5.88 Å². The number of hydrogen-bond acceptors (Lipinski definition) is 4. The predicted octanol–water partition coefficient (Wildman–Crippen LogP) is -0.637. The molecule has 82 valence electrons. The quantitative estimate of drug-likeness (QED) is 0.670. The number of ether oxygens (including phenoxy) is 1. The van der Waals surface area contributed by atoms with Gasteiger partial charge in [0, 0.05) is 14.1 Å². The Morgan fingerprint density at radius 2 is 2.33 bits per heavy atom. The lowest BCUT2D eigenvalue weighted by Crippen LogP contribution is -2.45. The van der Waals surface area contributed by atoms with Gasteiger partial charge in [0.05, 0.1) is 6.20 Å². The topological polar surface area (TPSA) is 59.4 Å². The molecule has 1 aromatic rings. The maximum atomic E-state index is 11.9. The lowest BCUT2D eigenvalue weighted by atomic mass is 10.3. The highest BCUT2D eigenvalue weighted by Crippen LogP contribution is 2.29. The third-order valence-electron chi connectivity index (χ3n) is 2.59. The summed E-state index contributed by atoms with van der Waals surface area (Å²) in [5, 5.41) is 6.98. The molecule has 2 rings (SSSR count). The number of fused-ring (bicyclic) bond motifs is 1. The van der Waals surface area contributed by atoms with Crippen LogP contribution in [0, 0.1) is 0 Å². The van der Waals surface area contributed by atoms with Gasteiger partial charge >= 0.3 is 0 Å². The van der Waals surface area contributed by atoms with Gasteiger partial charge in [-0.25, -0.2) is 4.68 Å². The van der Waals surface area contributed by atoms with Gasteiger partial charge in [-0.15, -0.1) is 0 Å². The van der Waals surface area contributed by atoms with Gasteiger partial charge in [-0.3, -0.25) is 4.79 Å². The molecular formula is C9H14N4O2. The Balaban J connectivity index is 2.39. The first-order valence-electron chi connectivity index (χ1n) is 4.74. The molecule has 15 heavy (non-hydrogen) atoms. The van der Waals surface area contributed by atoms with Crippen molar-refractivity contribution in [2.75, 3.05) is 25.6 Å². The fraction of sp³-hybridized carbons (Fsp3) is 0.556. The van der Waals surface area contributed by atoms with E-state index in [-0.39, 0.29) is 11.9 Å². The van der Waals surface area contributed by atoms with E-state index < -0.39 is 0 Å². The number of aromatic nitrogens is 2. The molecule has 6 nitrogen and oxygen atoms in total. The van der Waals surface area contributed by atoms with Gasteiger partial charge in [-0.1, -0.05) is 0 Å². The molecule has 2 heterocycles. The van der Waals surface area contributed by atoms with Crippen LogP contribution in [-0.2, 0) is 11.8 Å². The molecule has 0 saturated heterocycles. The summed E-state index contributed by atoms with van der Waals surface area (Å²) >= 11 is 0. The largest absolute Gasteiger partial charge is 0.474 e.